The van der Waals surface area contributed by atoms with Gasteiger partial charge in [0.15, 0.2) is 17.3 Å². The molecule has 0 aliphatic carbocycles. The molecule has 0 saturated carbocycles. The van der Waals surface area contributed by atoms with Crippen LogP contribution in [0.3, 0.4) is 0 Å². The molecule has 0 atom stereocenters. The second kappa shape index (κ2) is 4.38. The highest BCUT2D eigenvalue weighted by atomic mass is 19.1. The van der Waals surface area contributed by atoms with E-state index < -0.39 is 5.82 Å². The predicted molar refractivity (Wildman–Crippen MR) is 47.3 cm³/mol. The number of nitrogens with zero attached hydrogens (tertiary/aromatic N) is 1. The Bertz CT molecular complexity index is 396. The lowest BCUT2D eigenvalue weighted by Gasteiger charge is -2.04. The summed E-state index contributed by atoms with van der Waals surface area (Å²) in [7, 11) is 0. The van der Waals surface area contributed by atoms with Crippen molar-refractivity contribution in [2.75, 3.05) is 6.61 Å². The van der Waals surface area contributed by atoms with Crippen LogP contribution in [0.4, 0.5) is 4.39 Å². The van der Waals surface area contributed by atoms with Gasteiger partial charge in [0.2, 0.25) is 0 Å². The Morgan fingerprint density at radius 3 is 2.93 bits per heavy atom. The van der Waals surface area contributed by atoms with Crippen LogP contribution < -0.4 is 4.74 Å². The van der Waals surface area contributed by atoms with Crippen LogP contribution in [0.2, 0.25) is 0 Å². The third kappa shape index (κ3) is 2.56. The fourth-order valence-electron chi connectivity index (χ4n) is 0.863. The van der Waals surface area contributed by atoms with E-state index in [4.69, 9.17) is 10.00 Å². The first-order chi connectivity index (χ1) is 6.63. The van der Waals surface area contributed by atoms with Crippen LogP contribution in [-0.2, 0) is 4.79 Å². The summed E-state index contributed by atoms with van der Waals surface area (Å²) in [4.78, 5) is 10.6. The molecule has 0 heterocycles. The first kappa shape index (κ1) is 10.2. The van der Waals surface area contributed by atoms with Gasteiger partial charge in [-0.2, -0.15) is 5.26 Å². The van der Waals surface area contributed by atoms with E-state index in [-0.39, 0.29) is 18.1 Å². The fraction of sp³-hybridized carbons (Fsp3) is 0.200. The van der Waals surface area contributed by atoms with E-state index >= 15 is 0 Å². The minimum absolute atomic E-state index is 0.0701. The molecule has 0 unspecified atom stereocenters. The summed E-state index contributed by atoms with van der Waals surface area (Å²) in [6.07, 6.45) is 0. The topological polar surface area (TPSA) is 50.1 Å². The Hall–Kier alpha value is -1.89. The van der Waals surface area contributed by atoms with E-state index in [1.54, 1.807) is 0 Å². The normalized spacial score (nSPS) is 9.21. The molecule has 0 aromatic heterocycles. The Balaban J connectivity index is 2.85. The largest absolute Gasteiger partial charge is 0.483 e. The minimum Gasteiger partial charge on any atom is -0.483 e. The third-order valence-electron chi connectivity index (χ3n) is 1.49. The first-order valence-corrected chi connectivity index (χ1v) is 3.95. The fourth-order valence-corrected chi connectivity index (χ4v) is 0.863. The second-order valence-corrected chi connectivity index (χ2v) is 2.75. The number of carbonyl (C=O) groups is 1. The van der Waals surface area contributed by atoms with Crippen LogP contribution in [0.5, 0.6) is 5.75 Å². The lowest BCUT2D eigenvalue weighted by atomic mass is 10.2. The van der Waals surface area contributed by atoms with Crippen molar-refractivity contribution in [2.45, 2.75) is 6.92 Å². The summed E-state index contributed by atoms with van der Waals surface area (Å²) >= 11 is 0. The summed E-state index contributed by atoms with van der Waals surface area (Å²) in [6.45, 7) is 1.15. The van der Waals surface area contributed by atoms with Gasteiger partial charge in [-0.1, -0.05) is 0 Å². The van der Waals surface area contributed by atoms with E-state index in [1.807, 2.05) is 6.07 Å². The molecule has 0 aliphatic heterocycles. The molecule has 1 aromatic rings. The van der Waals surface area contributed by atoms with Gasteiger partial charge in [0.05, 0.1) is 11.6 Å². The standard InChI is InChI=1S/C10H8FNO2/c1-7(13)6-14-10-4-8(5-12)2-3-9(10)11/h2-4H,6H2,1H3. The predicted octanol–water partition coefficient (Wildman–Crippen LogP) is 1.67. The average molecular weight is 193 g/mol. The average Bonchev–Trinajstić information content (AvgIpc) is 2.16. The van der Waals surface area contributed by atoms with Gasteiger partial charge >= 0.3 is 0 Å². The van der Waals surface area contributed by atoms with Gasteiger partial charge < -0.3 is 4.74 Å². The van der Waals surface area contributed by atoms with E-state index in [0.717, 1.165) is 6.07 Å². The summed E-state index contributed by atoms with van der Waals surface area (Å²) in [6, 6.07) is 5.59. The molecule has 1 rings (SSSR count). The van der Waals surface area contributed by atoms with E-state index in [0.29, 0.717) is 5.56 Å². The maximum Gasteiger partial charge on any atom is 0.167 e. The van der Waals surface area contributed by atoms with E-state index in [9.17, 15) is 9.18 Å². The van der Waals surface area contributed by atoms with Crippen molar-refractivity contribution in [1.29, 1.82) is 5.26 Å². The molecule has 14 heavy (non-hydrogen) atoms. The number of ketones is 1. The van der Waals surface area contributed by atoms with Crippen molar-refractivity contribution in [3.63, 3.8) is 0 Å². The summed E-state index contributed by atoms with van der Waals surface area (Å²) < 4.78 is 17.9. The van der Waals surface area contributed by atoms with Gasteiger partial charge in [-0.15, -0.1) is 0 Å². The molecule has 0 saturated heterocycles. The van der Waals surface area contributed by atoms with Gasteiger partial charge in [-0.05, 0) is 19.1 Å². The van der Waals surface area contributed by atoms with Crippen LogP contribution in [0.15, 0.2) is 18.2 Å². The zero-order valence-electron chi connectivity index (χ0n) is 7.58. The van der Waals surface area contributed by atoms with Crippen molar-refractivity contribution >= 4 is 5.78 Å². The van der Waals surface area contributed by atoms with Gasteiger partial charge in [0, 0.05) is 6.07 Å². The number of nitriles is 1. The minimum atomic E-state index is -0.578. The monoisotopic (exact) mass is 193 g/mol. The lowest BCUT2D eigenvalue weighted by Crippen LogP contribution is -2.07. The highest BCUT2D eigenvalue weighted by Gasteiger charge is 2.05. The number of halogens is 1. The molecule has 3 nitrogen and oxygen atoms in total. The number of ether oxygens (including phenoxy) is 1. The van der Waals surface area contributed by atoms with Crippen molar-refractivity contribution in [3.8, 4) is 11.8 Å². The zero-order valence-corrected chi connectivity index (χ0v) is 7.58. The van der Waals surface area contributed by atoms with Crippen LogP contribution >= 0.6 is 0 Å². The number of hydrogen-bond acceptors (Lipinski definition) is 3. The van der Waals surface area contributed by atoms with Crippen molar-refractivity contribution in [2.24, 2.45) is 0 Å². The van der Waals surface area contributed by atoms with Crippen LogP contribution in [0.25, 0.3) is 0 Å². The molecule has 0 radical (unpaired) electrons. The van der Waals surface area contributed by atoms with Crippen molar-refractivity contribution < 1.29 is 13.9 Å². The lowest BCUT2D eigenvalue weighted by molar-refractivity contribution is -0.118. The van der Waals surface area contributed by atoms with Crippen molar-refractivity contribution in [3.05, 3.63) is 29.6 Å². The smallest absolute Gasteiger partial charge is 0.167 e. The second-order valence-electron chi connectivity index (χ2n) is 2.75. The number of rotatable bonds is 3. The number of Topliss-reactive ketones (excluding diaryl/α,β-unsaturated/α-hetero) is 1. The van der Waals surface area contributed by atoms with Crippen molar-refractivity contribution in [1.82, 2.24) is 0 Å². The van der Waals surface area contributed by atoms with E-state index in [2.05, 4.69) is 0 Å². The summed E-state index contributed by atoms with van der Waals surface area (Å²) in [5, 5.41) is 8.54. The highest BCUT2D eigenvalue weighted by molar-refractivity contribution is 5.77. The summed E-state index contributed by atoms with van der Waals surface area (Å²) in [5.41, 5.74) is 0.296. The molecule has 0 N–H and O–H groups in total. The quantitative estimate of drug-likeness (QED) is 0.733. The SMILES string of the molecule is CC(=O)COc1cc(C#N)ccc1F. The Kier molecular flexibility index (Phi) is 3.19. The van der Waals surface area contributed by atoms with Gasteiger partial charge in [0.1, 0.15) is 6.61 Å². The zero-order chi connectivity index (χ0) is 10.6. The molecule has 0 spiro atoms. The third-order valence-corrected chi connectivity index (χ3v) is 1.49. The number of benzene rings is 1. The highest BCUT2D eigenvalue weighted by Crippen LogP contribution is 2.18. The molecule has 0 aliphatic rings. The number of carbonyl (C=O) groups excluding carboxylic acids is 1. The van der Waals surface area contributed by atoms with Gasteiger partial charge in [0.25, 0.3) is 0 Å². The molecular formula is C10H8FNO2. The van der Waals surface area contributed by atoms with Gasteiger partial charge in [-0.25, -0.2) is 4.39 Å². The molecule has 0 amide bonds. The Labute approximate surface area is 80.7 Å². The molecule has 72 valence electrons. The molecule has 0 bridgehead atoms. The molecule has 4 heteroatoms. The van der Waals surface area contributed by atoms with Crippen LogP contribution in [0.1, 0.15) is 12.5 Å². The Morgan fingerprint density at radius 2 is 2.36 bits per heavy atom. The first-order valence-electron chi connectivity index (χ1n) is 3.95. The molecule has 1 aromatic carbocycles. The van der Waals surface area contributed by atoms with Crippen LogP contribution in [-0.4, -0.2) is 12.4 Å². The van der Waals surface area contributed by atoms with E-state index in [1.165, 1.54) is 19.1 Å². The maximum atomic E-state index is 13.0. The van der Waals surface area contributed by atoms with Gasteiger partial charge in [-0.3, -0.25) is 4.79 Å². The number of hydrogen-bond donors (Lipinski definition) is 0. The van der Waals surface area contributed by atoms with Crippen LogP contribution in [0, 0.1) is 17.1 Å². The Morgan fingerprint density at radius 1 is 1.64 bits per heavy atom. The molecular weight excluding hydrogens is 185 g/mol. The summed E-state index contributed by atoms with van der Waals surface area (Å²) in [5.74, 6) is -0.851. The molecule has 0 fully saturated rings. The maximum absolute atomic E-state index is 13.0.